The molecule has 2 rings (SSSR count). The predicted molar refractivity (Wildman–Crippen MR) is 62.7 cm³/mol. The molecule has 3 unspecified atom stereocenters. The number of urea groups is 1. The number of rotatable bonds is 1. The van der Waals surface area contributed by atoms with E-state index >= 15 is 0 Å². The molecule has 0 spiro atoms. The van der Waals surface area contributed by atoms with Crippen molar-refractivity contribution < 1.29 is 14.7 Å². The van der Waals surface area contributed by atoms with Crippen LogP contribution in [0.5, 0.6) is 0 Å². The third kappa shape index (κ3) is 2.10. The minimum Gasteiger partial charge on any atom is -0.480 e. The van der Waals surface area contributed by atoms with Crippen LogP contribution in [-0.2, 0) is 4.79 Å². The Bertz CT molecular complexity index is 332. The van der Waals surface area contributed by atoms with Gasteiger partial charge >= 0.3 is 12.0 Å². The standard InChI is InChI=1S/C12H20N2O3/c1-8-5-7-14(10(8)11(15)16)12(17)13-6-3-4-9(13)2/h8-10H,3-7H2,1-2H3,(H,15,16). The van der Waals surface area contributed by atoms with Gasteiger partial charge in [-0.3, -0.25) is 0 Å². The number of nitrogens with zero attached hydrogens (tertiary/aromatic N) is 2. The van der Waals surface area contributed by atoms with Crippen molar-refractivity contribution in [1.82, 2.24) is 9.80 Å². The summed E-state index contributed by atoms with van der Waals surface area (Å²) in [7, 11) is 0. The number of hydrogen-bond donors (Lipinski definition) is 1. The van der Waals surface area contributed by atoms with E-state index in [1.807, 2.05) is 18.7 Å². The number of amides is 2. The van der Waals surface area contributed by atoms with Crippen molar-refractivity contribution in [3.05, 3.63) is 0 Å². The summed E-state index contributed by atoms with van der Waals surface area (Å²) in [4.78, 5) is 26.9. The van der Waals surface area contributed by atoms with Gasteiger partial charge in [0.1, 0.15) is 6.04 Å². The molecule has 0 aromatic rings. The molecule has 0 aromatic carbocycles. The number of carboxylic acid groups (broad SMARTS) is 1. The number of carbonyl (C=O) groups excluding carboxylic acids is 1. The molecule has 0 aromatic heterocycles. The Morgan fingerprint density at radius 1 is 1.12 bits per heavy atom. The molecule has 0 aliphatic carbocycles. The lowest BCUT2D eigenvalue weighted by Gasteiger charge is -2.30. The van der Waals surface area contributed by atoms with Crippen LogP contribution in [0.4, 0.5) is 4.79 Å². The average Bonchev–Trinajstić information content (AvgIpc) is 2.83. The highest BCUT2D eigenvalue weighted by Crippen LogP contribution is 2.27. The van der Waals surface area contributed by atoms with Crippen LogP contribution in [0.3, 0.4) is 0 Å². The zero-order chi connectivity index (χ0) is 12.6. The molecule has 2 fully saturated rings. The molecule has 2 aliphatic heterocycles. The van der Waals surface area contributed by atoms with Crippen LogP contribution in [0, 0.1) is 5.92 Å². The molecule has 0 saturated carbocycles. The minimum atomic E-state index is -0.879. The molecule has 2 aliphatic rings. The monoisotopic (exact) mass is 240 g/mol. The quantitative estimate of drug-likeness (QED) is 0.753. The fourth-order valence-corrected chi connectivity index (χ4v) is 2.92. The average molecular weight is 240 g/mol. The third-order valence-electron chi connectivity index (χ3n) is 4.00. The Kier molecular flexibility index (Phi) is 3.26. The first kappa shape index (κ1) is 12.2. The molecular formula is C12H20N2O3. The fraction of sp³-hybridized carbons (Fsp3) is 0.833. The molecule has 0 radical (unpaired) electrons. The van der Waals surface area contributed by atoms with Crippen molar-refractivity contribution in [3.63, 3.8) is 0 Å². The number of aliphatic carboxylic acids is 1. The summed E-state index contributed by atoms with van der Waals surface area (Å²) < 4.78 is 0. The van der Waals surface area contributed by atoms with Crippen LogP contribution in [-0.4, -0.2) is 52.1 Å². The van der Waals surface area contributed by atoms with Gasteiger partial charge in [-0.25, -0.2) is 9.59 Å². The fourth-order valence-electron chi connectivity index (χ4n) is 2.92. The Hall–Kier alpha value is -1.26. The SMILES string of the molecule is CC1CCN(C(=O)N2CCCC2C)C1C(=O)O. The van der Waals surface area contributed by atoms with E-state index in [1.54, 1.807) is 0 Å². The first-order chi connectivity index (χ1) is 8.02. The number of likely N-dealkylation sites (tertiary alicyclic amines) is 2. The zero-order valence-corrected chi connectivity index (χ0v) is 10.4. The van der Waals surface area contributed by atoms with Gasteiger partial charge in [0.15, 0.2) is 0 Å². The minimum absolute atomic E-state index is 0.0503. The van der Waals surface area contributed by atoms with Gasteiger partial charge < -0.3 is 14.9 Å². The van der Waals surface area contributed by atoms with Gasteiger partial charge in [0.2, 0.25) is 0 Å². The van der Waals surface area contributed by atoms with Crippen LogP contribution in [0.25, 0.3) is 0 Å². The van der Waals surface area contributed by atoms with Crippen molar-refractivity contribution >= 4 is 12.0 Å². The van der Waals surface area contributed by atoms with Crippen LogP contribution in [0.2, 0.25) is 0 Å². The van der Waals surface area contributed by atoms with Crippen molar-refractivity contribution in [3.8, 4) is 0 Å². The van der Waals surface area contributed by atoms with Gasteiger partial charge in [-0.2, -0.15) is 0 Å². The highest BCUT2D eigenvalue weighted by Gasteiger charge is 2.42. The van der Waals surface area contributed by atoms with E-state index in [4.69, 9.17) is 0 Å². The number of carbonyl (C=O) groups is 2. The van der Waals surface area contributed by atoms with Crippen LogP contribution >= 0.6 is 0 Å². The predicted octanol–water partition coefficient (Wildman–Crippen LogP) is 1.39. The van der Waals surface area contributed by atoms with Crippen LogP contribution in [0.15, 0.2) is 0 Å². The summed E-state index contributed by atoms with van der Waals surface area (Å²) in [5.41, 5.74) is 0. The largest absolute Gasteiger partial charge is 0.480 e. The second-order valence-corrected chi connectivity index (χ2v) is 5.21. The lowest BCUT2D eigenvalue weighted by atomic mass is 10.0. The smallest absolute Gasteiger partial charge is 0.326 e. The summed E-state index contributed by atoms with van der Waals surface area (Å²) in [5.74, 6) is -0.829. The van der Waals surface area contributed by atoms with Gasteiger partial charge in [0, 0.05) is 19.1 Å². The van der Waals surface area contributed by atoms with E-state index in [-0.39, 0.29) is 18.0 Å². The van der Waals surface area contributed by atoms with Crippen LogP contribution in [0.1, 0.15) is 33.1 Å². The van der Waals surface area contributed by atoms with Gasteiger partial charge in [-0.05, 0) is 32.1 Å². The van der Waals surface area contributed by atoms with Crippen LogP contribution < -0.4 is 0 Å². The van der Waals surface area contributed by atoms with Gasteiger partial charge in [0.25, 0.3) is 0 Å². The summed E-state index contributed by atoms with van der Waals surface area (Å²) in [6, 6.07) is -0.491. The first-order valence-corrected chi connectivity index (χ1v) is 6.32. The Morgan fingerprint density at radius 2 is 1.82 bits per heavy atom. The number of carboxylic acids is 1. The van der Waals surface area contributed by atoms with E-state index in [2.05, 4.69) is 0 Å². The molecule has 3 atom stereocenters. The topological polar surface area (TPSA) is 60.9 Å². The van der Waals surface area contributed by atoms with E-state index in [0.717, 1.165) is 25.8 Å². The Morgan fingerprint density at radius 3 is 2.35 bits per heavy atom. The Balaban J connectivity index is 2.11. The summed E-state index contributed by atoms with van der Waals surface area (Å²) in [6.45, 7) is 5.26. The van der Waals surface area contributed by atoms with E-state index in [9.17, 15) is 14.7 Å². The summed E-state index contributed by atoms with van der Waals surface area (Å²) in [5, 5.41) is 9.20. The van der Waals surface area contributed by atoms with Crippen molar-refractivity contribution in [1.29, 1.82) is 0 Å². The maximum absolute atomic E-state index is 12.3. The maximum atomic E-state index is 12.3. The van der Waals surface area contributed by atoms with Gasteiger partial charge in [0.05, 0.1) is 0 Å². The normalized spacial score (nSPS) is 33.2. The molecule has 2 heterocycles. The number of hydrogen-bond acceptors (Lipinski definition) is 2. The highest BCUT2D eigenvalue weighted by molar-refractivity contribution is 5.84. The van der Waals surface area contributed by atoms with Crippen molar-refractivity contribution in [2.24, 2.45) is 5.92 Å². The second kappa shape index (κ2) is 4.55. The highest BCUT2D eigenvalue weighted by atomic mass is 16.4. The summed E-state index contributed by atoms with van der Waals surface area (Å²) >= 11 is 0. The van der Waals surface area contributed by atoms with E-state index in [1.165, 1.54) is 4.90 Å². The van der Waals surface area contributed by atoms with Gasteiger partial charge in [-0.15, -0.1) is 0 Å². The lowest BCUT2D eigenvalue weighted by Crippen LogP contribution is -2.50. The molecule has 1 N–H and O–H groups in total. The van der Waals surface area contributed by atoms with E-state index in [0.29, 0.717) is 6.54 Å². The second-order valence-electron chi connectivity index (χ2n) is 5.21. The molecule has 96 valence electrons. The molecule has 0 bridgehead atoms. The molecule has 2 amide bonds. The molecule has 5 nitrogen and oxygen atoms in total. The molecule has 2 saturated heterocycles. The molecule has 17 heavy (non-hydrogen) atoms. The van der Waals surface area contributed by atoms with Gasteiger partial charge in [-0.1, -0.05) is 6.92 Å². The molecule has 5 heteroatoms. The summed E-state index contributed by atoms with van der Waals surface area (Å²) in [6.07, 6.45) is 2.83. The van der Waals surface area contributed by atoms with E-state index < -0.39 is 12.0 Å². The van der Waals surface area contributed by atoms with Crippen molar-refractivity contribution in [2.45, 2.75) is 45.2 Å². The maximum Gasteiger partial charge on any atom is 0.326 e. The van der Waals surface area contributed by atoms with Crippen molar-refractivity contribution in [2.75, 3.05) is 13.1 Å². The third-order valence-corrected chi connectivity index (χ3v) is 4.00. The first-order valence-electron chi connectivity index (χ1n) is 6.32. The lowest BCUT2D eigenvalue weighted by molar-refractivity contribution is -0.142. The zero-order valence-electron chi connectivity index (χ0n) is 10.4. The molecular weight excluding hydrogens is 220 g/mol. The Labute approximate surface area is 101 Å².